The minimum Gasteiger partial charge on any atom is -0.508 e. The van der Waals surface area contributed by atoms with Gasteiger partial charge in [0.25, 0.3) is 0 Å². The number of nitrogens with zero attached hydrogens (tertiary/aromatic N) is 2. The number of methoxy groups -OCH3 is 1. The van der Waals surface area contributed by atoms with Crippen LogP contribution in [-0.2, 0) is 48.5 Å². The lowest BCUT2D eigenvalue weighted by molar-refractivity contribution is -0.144. The summed E-state index contributed by atoms with van der Waals surface area (Å²) in [6, 6.07) is 10.1. The number of aliphatic hydroxyl groups is 1. The number of ether oxygens (including phenoxy) is 1. The number of phenolic OH excluding ortho intramolecular Hbond substituents is 1. The number of likely N-dealkylation sites (N-methyl/N-ethyl adjacent to an activating group) is 2. The molecule has 0 radical (unpaired) electrons. The van der Waals surface area contributed by atoms with E-state index in [1.807, 2.05) is 20.8 Å². The van der Waals surface area contributed by atoms with Crippen LogP contribution in [0.4, 0.5) is 0 Å². The maximum Gasteiger partial charge on any atom is 0.246 e. The van der Waals surface area contributed by atoms with Gasteiger partial charge < -0.3 is 61.8 Å². The summed E-state index contributed by atoms with van der Waals surface area (Å²) in [5.74, 6) is -4.38. The zero-order valence-corrected chi connectivity index (χ0v) is 48.1. The lowest BCUT2D eigenvalue weighted by Gasteiger charge is -2.36. The molecule has 9 N–H and O–H groups in total. The number of carbonyl (C=O) groups is 8. The van der Waals surface area contributed by atoms with Crippen LogP contribution in [0.3, 0.4) is 0 Å². The summed E-state index contributed by atoms with van der Waals surface area (Å²) in [7, 11) is 4.65. The normalized spacial score (nSPS) is 18.7. The fourth-order valence-electron chi connectivity index (χ4n) is 9.50. The first-order chi connectivity index (χ1) is 35.7. The number of Topliss-reactive ketones (excluding diaryl/α,β-unsaturated/α-hetero) is 2. The van der Waals surface area contributed by atoms with E-state index in [2.05, 4.69) is 31.9 Å². The number of amides is 6. The van der Waals surface area contributed by atoms with E-state index >= 15 is 0 Å². The average molecular weight is 1130 g/mol. The monoisotopic (exact) mass is 1130 g/mol. The van der Waals surface area contributed by atoms with Gasteiger partial charge in [-0.1, -0.05) is 71.9 Å². The summed E-state index contributed by atoms with van der Waals surface area (Å²) in [4.78, 5) is 115. The smallest absolute Gasteiger partial charge is 0.246 e. The third-order valence-corrected chi connectivity index (χ3v) is 14.3. The van der Waals surface area contributed by atoms with Crippen LogP contribution in [0.15, 0.2) is 60.7 Å². The Bertz CT molecular complexity index is 2470. The molecule has 3 aromatic rings. The Morgan fingerprint density at radius 1 is 0.628 bits per heavy atom. The van der Waals surface area contributed by atoms with Crippen molar-refractivity contribution in [1.29, 1.82) is 0 Å². The molecule has 2 fully saturated rings. The molecule has 0 unspecified atom stereocenters. The van der Waals surface area contributed by atoms with Crippen molar-refractivity contribution in [3.8, 4) is 17.2 Å². The third kappa shape index (κ3) is 16.8. The molecule has 0 bridgehead atoms. The van der Waals surface area contributed by atoms with E-state index < -0.39 is 101 Å². The van der Waals surface area contributed by atoms with Crippen molar-refractivity contribution in [2.75, 3.05) is 34.3 Å². The van der Waals surface area contributed by atoms with E-state index in [0.29, 0.717) is 11.1 Å². The second-order valence-corrected chi connectivity index (χ2v) is 22.3. The first-order valence-corrected chi connectivity index (χ1v) is 25.8. The molecule has 78 heavy (non-hydrogen) atoms. The van der Waals surface area contributed by atoms with Crippen LogP contribution in [0.5, 0.6) is 17.2 Å². The molecule has 0 saturated carbocycles. The van der Waals surface area contributed by atoms with Crippen LogP contribution < -0.4 is 36.6 Å². The fraction of sp³-hybridized carbons (Fsp3) is 0.536. The predicted molar refractivity (Wildman–Crippen MR) is 298 cm³/mol. The summed E-state index contributed by atoms with van der Waals surface area (Å²) in [5, 5.41) is 47.1. The van der Waals surface area contributed by atoms with E-state index in [1.165, 1.54) is 35.1 Å². The Labute approximate surface area is 469 Å². The molecule has 8 atom stereocenters. The van der Waals surface area contributed by atoms with Crippen LogP contribution in [0, 0.1) is 22.7 Å². The maximum atomic E-state index is 14.6. The van der Waals surface area contributed by atoms with Gasteiger partial charge in [-0.3, -0.25) is 38.4 Å². The van der Waals surface area contributed by atoms with Gasteiger partial charge in [-0.2, -0.15) is 0 Å². The molecular formula is C56H80Cl2N8O12. The molecular weight excluding hydrogens is 1050 g/mol. The van der Waals surface area contributed by atoms with Gasteiger partial charge in [-0.05, 0) is 105 Å². The number of ketones is 2. The molecule has 0 aromatic heterocycles. The van der Waals surface area contributed by atoms with Crippen molar-refractivity contribution in [3.05, 3.63) is 88.5 Å². The zero-order chi connectivity index (χ0) is 56.4. The van der Waals surface area contributed by atoms with Gasteiger partial charge in [0.05, 0.1) is 25.8 Å². The number of benzene rings is 3. The van der Waals surface area contributed by atoms with Crippen molar-refractivity contribution in [2.24, 2.45) is 22.7 Å². The molecule has 22 heteroatoms. The molecule has 3 aromatic carbocycles. The highest BCUT2D eigenvalue weighted by Gasteiger charge is 2.47. The van der Waals surface area contributed by atoms with Crippen molar-refractivity contribution in [2.45, 2.75) is 137 Å². The molecule has 430 valence electrons. The molecule has 6 amide bonds. The highest BCUT2D eigenvalue weighted by molar-refractivity contribution is 6.02. The van der Waals surface area contributed by atoms with Gasteiger partial charge in [0, 0.05) is 55.7 Å². The van der Waals surface area contributed by atoms with Crippen LogP contribution in [0.2, 0.25) is 0 Å². The molecule has 0 aliphatic carbocycles. The molecule has 0 spiro atoms. The number of rotatable bonds is 22. The van der Waals surface area contributed by atoms with Gasteiger partial charge in [0.15, 0.2) is 23.1 Å². The minimum atomic E-state index is -1.04. The van der Waals surface area contributed by atoms with Crippen LogP contribution in [0.25, 0.3) is 0 Å². The Kier molecular flexibility index (Phi) is 24.1. The van der Waals surface area contributed by atoms with Crippen molar-refractivity contribution in [3.63, 3.8) is 0 Å². The van der Waals surface area contributed by atoms with Gasteiger partial charge in [0.2, 0.25) is 35.4 Å². The number of aromatic hydroxyl groups is 2. The SMILES string of the molecule is CN[C@@H](C)C(=O)N[C@H](C(=O)N1C[C@@H](CC(=O)c2cccc(C(=O)C[C@H]3C[C@@H](C(=O)NCc4ccc(O)c(OC)c4)N(C(=O)[C@@H](NC(=O)[C@H](C)NC)C(C)(C)C)C3)c2)C[C@H]1C(=O)NCc1ccc(O)c(CO)c1)C(C)(C)C.Cl.Cl. The number of carbonyl (C=O) groups excluding carboxylic acids is 8. The van der Waals surface area contributed by atoms with E-state index in [-0.39, 0.29) is 122 Å². The fourth-order valence-corrected chi connectivity index (χ4v) is 9.50. The highest BCUT2D eigenvalue weighted by Crippen LogP contribution is 2.34. The van der Waals surface area contributed by atoms with Gasteiger partial charge >= 0.3 is 0 Å². The second-order valence-electron chi connectivity index (χ2n) is 22.3. The third-order valence-electron chi connectivity index (χ3n) is 14.3. The summed E-state index contributed by atoms with van der Waals surface area (Å²) in [6.07, 6.45) is 0.0693. The van der Waals surface area contributed by atoms with E-state index in [0.717, 1.165) is 0 Å². The average Bonchev–Trinajstić information content (AvgIpc) is 4.01. The van der Waals surface area contributed by atoms with Gasteiger partial charge in [-0.25, -0.2) is 0 Å². The van der Waals surface area contributed by atoms with E-state index in [4.69, 9.17) is 4.74 Å². The Morgan fingerprint density at radius 3 is 1.42 bits per heavy atom. The zero-order valence-electron chi connectivity index (χ0n) is 46.5. The molecule has 2 heterocycles. The van der Waals surface area contributed by atoms with Gasteiger partial charge in [0.1, 0.15) is 29.9 Å². The predicted octanol–water partition coefficient (Wildman–Crippen LogP) is 3.93. The van der Waals surface area contributed by atoms with Crippen molar-refractivity contribution < 1.29 is 58.4 Å². The largest absolute Gasteiger partial charge is 0.508 e. The summed E-state index contributed by atoms with van der Waals surface area (Å²) < 4.78 is 5.22. The molecule has 20 nitrogen and oxygen atoms in total. The Morgan fingerprint density at radius 2 is 1.04 bits per heavy atom. The first kappa shape index (κ1) is 66.0. The number of halogens is 2. The standard InChI is InChI=1S/C56H78N8O12.2ClH/c1-31(57-9)49(70)61-47(55(3,4)5)53(74)63-28-35(20-40(63)51(72)59-26-33-15-17-42(66)39(19-33)30-65)22-44(68)37-13-12-14-38(25-37)45(69)23-36-21-41(52(73)60-27-34-16-18-43(67)46(24-34)76-11)64(29-36)54(75)48(56(6,7)8)62-50(71)32(2)58-10;;/h12-19,24-25,31-32,35-36,40-41,47-48,57-58,65-67H,20-23,26-30H2,1-11H3,(H,59,72)(H,60,73)(H,61,70)(H,62,71);2*1H/t31-,32-,35+,36+,40-,41-,47+,48+;;/m0../s1. The van der Waals surface area contributed by atoms with Crippen molar-refractivity contribution in [1.82, 2.24) is 41.7 Å². The lowest BCUT2D eigenvalue weighted by atomic mass is 9.85. The number of likely N-dealkylation sites (tertiary alicyclic amines) is 2. The maximum absolute atomic E-state index is 14.6. The number of hydrogen-bond acceptors (Lipinski definition) is 14. The summed E-state index contributed by atoms with van der Waals surface area (Å²) >= 11 is 0. The first-order valence-electron chi connectivity index (χ1n) is 25.8. The lowest BCUT2D eigenvalue weighted by Crippen LogP contribution is -2.59. The molecule has 2 aliphatic heterocycles. The molecule has 2 aliphatic rings. The summed E-state index contributed by atoms with van der Waals surface area (Å²) in [6.45, 7) is 13.8. The molecule has 5 rings (SSSR count). The topological polar surface area (TPSA) is 285 Å². The number of phenols is 2. The van der Waals surface area contributed by atoms with Crippen LogP contribution in [0.1, 0.15) is 118 Å². The quantitative estimate of drug-likeness (QED) is 0.0645. The number of aliphatic hydroxyl groups excluding tert-OH is 1. The van der Waals surface area contributed by atoms with Crippen LogP contribution >= 0.6 is 24.8 Å². The Balaban J connectivity index is 0.00000800. The summed E-state index contributed by atoms with van der Waals surface area (Å²) in [5.41, 5.74) is 0.402. The Hall–Kier alpha value is -6.32. The number of nitrogens with one attached hydrogen (secondary N) is 6. The van der Waals surface area contributed by atoms with E-state index in [1.54, 1.807) is 91.2 Å². The highest BCUT2D eigenvalue weighted by atomic mass is 35.5. The molecule has 2 saturated heterocycles. The second kappa shape index (κ2) is 28.5. The number of hydrogen-bond donors (Lipinski definition) is 9. The minimum absolute atomic E-state index is 0. The van der Waals surface area contributed by atoms with E-state index in [9.17, 15) is 53.7 Å². The van der Waals surface area contributed by atoms with Crippen molar-refractivity contribution >= 4 is 71.8 Å². The van der Waals surface area contributed by atoms with Gasteiger partial charge in [-0.15, -0.1) is 24.8 Å². The van der Waals surface area contributed by atoms with Crippen LogP contribution in [-0.4, -0.2) is 143 Å².